The van der Waals surface area contributed by atoms with E-state index in [2.05, 4.69) is 306 Å². The average molecular weight is 993 g/mol. The molecule has 0 atom stereocenters. The highest BCUT2D eigenvalue weighted by atomic mass is 28.3. The maximum atomic E-state index is 2.68. The molecular weight excluding hydrogens is 920 g/mol. The maximum Gasteiger partial charge on any atom is 0.252 e. The lowest BCUT2D eigenvalue weighted by Crippen LogP contribution is -2.75. The van der Waals surface area contributed by atoms with Crippen molar-refractivity contribution in [1.82, 2.24) is 0 Å². The lowest BCUT2D eigenvalue weighted by Gasteiger charge is -2.46. The molecule has 0 aromatic heterocycles. The third-order valence-electron chi connectivity index (χ3n) is 16.2. The van der Waals surface area contributed by atoms with Crippen molar-refractivity contribution in [2.45, 2.75) is 112 Å². The standard InChI is InChI=1S/C71H73BN2Si/c1-48-40-65-67-66(41-48)74(62-37-34-50(42-59(62)71(11,12)13)49-26-18-14-19-27-49)64-39-36-58(75(55-28-20-15-21-29-55,56-30-22-16-23-31-56)57-32-24-17-25-33-57)47-61(64)72(67)60-46-51(68(2,3)4)35-38-63(60)73(65)54-44-52(69(5,6)7)43-53(45-54)70(8,9)10/h14-47H,1-13H3. The van der Waals surface area contributed by atoms with Crippen molar-refractivity contribution in [2.75, 3.05) is 9.80 Å². The number of rotatable bonds is 7. The number of hydrogen-bond acceptors (Lipinski definition) is 2. The largest absolute Gasteiger partial charge is 0.311 e. The minimum absolute atomic E-state index is 0.0622. The van der Waals surface area contributed by atoms with Gasteiger partial charge in [-0.1, -0.05) is 241 Å². The molecule has 2 aliphatic heterocycles. The summed E-state index contributed by atoms with van der Waals surface area (Å²) in [6.07, 6.45) is 0. The van der Waals surface area contributed by atoms with Crippen LogP contribution in [-0.2, 0) is 21.7 Å². The topological polar surface area (TPSA) is 6.48 Å². The quantitative estimate of drug-likeness (QED) is 0.116. The van der Waals surface area contributed by atoms with Gasteiger partial charge in [0.05, 0.1) is 0 Å². The Labute approximate surface area is 450 Å². The van der Waals surface area contributed by atoms with E-state index in [1.807, 2.05) is 0 Å². The number of nitrogens with zero attached hydrogens (tertiary/aromatic N) is 2. The van der Waals surface area contributed by atoms with Crippen molar-refractivity contribution < 1.29 is 0 Å². The van der Waals surface area contributed by atoms with Crippen LogP contribution in [0.5, 0.6) is 0 Å². The van der Waals surface area contributed by atoms with Gasteiger partial charge in [-0.3, -0.25) is 0 Å². The zero-order chi connectivity index (χ0) is 52.8. The lowest BCUT2D eigenvalue weighted by molar-refractivity contribution is 0.568. The van der Waals surface area contributed by atoms with Gasteiger partial charge < -0.3 is 9.80 Å². The zero-order valence-corrected chi connectivity index (χ0v) is 47.6. The van der Waals surface area contributed by atoms with Gasteiger partial charge in [0, 0.05) is 34.1 Å². The highest BCUT2D eigenvalue weighted by molar-refractivity contribution is 7.20. The first kappa shape index (κ1) is 50.0. The predicted octanol–water partition coefficient (Wildman–Crippen LogP) is 14.3. The first-order valence-corrected chi connectivity index (χ1v) is 29.2. The fraction of sp³-hybridized carbons (Fsp3) is 0.239. The van der Waals surface area contributed by atoms with Crippen LogP contribution in [0.4, 0.5) is 34.1 Å². The van der Waals surface area contributed by atoms with Crippen molar-refractivity contribution in [3.05, 3.63) is 234 Å². The molecule has 9 aromatic carbocycles. The SMILES string of the molecule is Cc1cc2c3c(c1)N(c1ccc(-c4ccccc4)cc1C(C)(C)C)c1ccc([Si](c4ccccc4)(c4ccccc4)c4ccccc4)cc1B3c1cc(C(C)(C)C)ccc1N2c1cc(C(C)(C)C)cc(C(C)(C)C)c1. The van der Waals surface area contributed by atoms with Gasteiger partial charge in [-0.15, -0.1) is 0 Å². The first-order valence-electron chi connectivity index (χ1n) is 27.2. The Kier molecular flexibility index (Phi) is 12.2. The molecule has 0 amide bonds. The summed E-state index contributed by atoms with van der Waals surface area (Å²) in [5.74, 6) is 0. The molecule has 2 aliphatic rings. The molecule has 0 radical (unpaired) electrons. The smallest absolute Gasteiger partial charge is 0.252 e. The molecule has 0 aliphatic carbocycles. The number of benzene rings is 9. The van der Waals surface area contributed by atoms with Crippen molar-refractivity contribution in [2.24, 2.45) is 0 Å². The summed E-state index contributed by atoms with van der Waals surface area (Å²) in [6.45, 7) is 30.6. The van der Waals surface area contributed by atoms with Gasteiger partial charge in [-0.25, -0.2) is 0 Å². The second kappa shape index (κ2) is 18.3. The molecule has 9 aromatic rings. The summed E-state index contributed by atoms with van der Waals surface area (Å²) in [6, 6.07) is 79.9. The minimum atomic E-state index is -2.96. The molecule has 374 valence electrons. The molecule has 2 heterocycles. The Morgan fingerprint density at radius 1 is 0.333 bits per heavy atom. The Bertz CT molecular complexity index is 3460. The Morgan fingerprint density at radius 3 is 1.29 bits per heavy atom. The highest BCUT2D eigenvalue weighted by Gasteiger charge is 2.48. The summed E-state index contributed by atoms with van der Waals surface area (Å²) in [5, 5.41) is 5.49. The van der Waals surface area contributed by atoms with Crippen LogP contribution in [0, 0.1) is 6.92 Å². The molecular formula is C71H73BN2Si. The normalized spacial score (nSPS) is 13.6. The molecule has 4 heteroatoms. The van der Waals surface area contributed by atoms with Gasteiger partial charge >= 0.3 is 0 Å². The second-order valence-corrected chi connectivity index (χ2v) is 29.4. The summed E-state index contributed by atoms with van der Waals surface area (Å²) >= 11 is 0. The van der Waals surface area contributed by atoms with E-state index in [0.29, 0.717) is 0 Å². The van der Waals surface area contributed by atoms with Crippen LogP contribution in [-0.4, -0.2) is 14.8 Å². The van der Waals surface area contributed by atoms with E-state index in [4.69, 9.17) is 0 Å². The van der Waals surface area contributed by atoms with E-state index >= 15 is 0 Å². The van der Waals surface area contributed by atoms with E-state index in [-0.39, 0.29) is 28.4 Å². The third-order valence-corrected chi connectivity index (χ3v) is 21.0. The molecule has 0 fully saturated rings. The zero-order valence-electron chi connectivity index (χ0n) is 46.6. The van der Waals surface area contributed by atoms with Crippen LogP contribution < -0.4 is 46.9 Å². The fourth-order valence-electron chi connectivity index (χ4n) is 12.2. The average Bonchev–Trinajstić information content (AvgIpc) is 3.42. The molecule has 11 rings (SSSR count). The molecule has 2 nitrogen and oxygen atoms in total. The molecule has 0 bridgehead atoms. The number of fused-ring (bicyclic) bond motifs is 4. The van der Waals surface area contributed by atoms with E-state index in [1.54, 1.807) is 0 Å². The Hall–Kier alpha value is -7.14. The maximum absolute atomic E-state index is 2.96. The second-order valence-electron chi connectivity index (χ2n) is 25.6. The fourth-order valence-corrected chi connectivity index (χ4v) is 17.0. The molecule has 0 saturated carbocycles. The number of aryl methyl sites for hydroxylation is 1. The predicted molar refractivity (Wildman–Crippen MR) is 329 cm³/mol. The van der Waals surface area contributed by atoms with E-state index in [1.165, 1.54) is 110 Å². The van der Waals surface area contributed by atoms with E-state index < -0.39 is 8.07 Å². The summed E-state index contributed by atoms with van der Waals surface area (Å²) in [7, 11) is -2.96. The van der Waals surface area contributed by atoms with E-state index in [9.17, 15) is 0 Å². The number of anilines is 6. The van der Waals surface area contributed by atoms with Gasteiger partial charge in [0.1, 0.15) is 0 Å². The molecule has 0 saturated heterocycles. The first-order chi connectivity index (χ1) is 35.6. The summed E-state index contributed by atoms with van der Waals surface area (Å²) in [4.78, 5) is 5.30. The van der Waals surface area contributed by atoms with Gasteiger partial charge in [0.2, 0.25) is 0 Å². The third kappa shape index (κ3) is 8.70. The molecule has 0 unspecified atom stereocenters. The van der Waals surface area contributed by atoms with Gasteiger partial charge in [-0.2, -0.15) is 0 Å². The van der Waals surface area contributed by atoms with Crippen LogP contribution >= 0.6 is 0 Å². The summed E-state index contributed by atoms with van der Waals surface area (Å²) < 4.78 is 0. The minimum Gasteiger partial charge on any atom is -0.311 e. The van der Waals surface area contributed by atoms with Gasteiger partial charge in [0.15, 0.2) is 8.07 Å². The van der Waals surface area contributed by atoms with Crippen molar-refractivity contribution in [1.29, 1.82) is 0 Å². The van der Waals surface area contributed by atoms with Crippen LogP contribution in [0.3, 0.4) is 0 Å². The van der Waals surface area contributed by atoms with Crippen LogP contribution in [0.15, 0.2) is 206 Å². The van der Waals surface area contributed by atoms with Crippen molar-refractivity contribution in [3.8, 4) is 11.1 Å². The molecule has 0 spiro atoms. The van der Waals surface area contributed by atoms with Gasteiger partial charge in [0.25, 0.3) is 6.71 Å². The van der Waals surface area contributed by atoms with Crippen LogP contribution in [0.1, 0.15) is 111 Å². The lowest BCUT2D eigenvalue weighted by atomic mass is 9.33. The highest BCUT2D eigenvalue weighted by Crippen LogP contribution is 2.49. The van der Waals surface area contributed by atoms with Crippen LogP contribution in [0.25, 0.3) is 11.1 Å². The summed E-state index contributed by atoms with van der Waals surface area (Å²) in [5.41, 5.74) is 20.0. The Balaban J connectivity index is 1.30. The van der Waals surface area contributed by atoms with Gasteiger partial charge in [-0.05, 0) is 153 Å². The van der Waals surface area contributed by atoms with Crippen molar-refractivity contribution in [3.63, 3.8) is 0 Å². The monoisotopic (exact) mass is 993 g/mol. The number of hydrogen-bond donors (Lipinski definition) is 0. The van der Waals surface area contributed by atoms with E-state index in [0.717, 1.165) is 0 Å². The van der Waals surface area contributed by atoms with Crippen molar-refractivity contribution >= 4 is 86.0 Å². The molecule has 75 heavy (non-hydrogen) atoms. The molecule has 0 N–H and O–H groups in total. The Morgan fingerprint density at radius 2 is 0.787 bits per heavy atom. The van der Waals surface area contributed by atoms with Crippen LogP contribution in [0.2, 0.25) is 0 Å².